The van der Waals surface area contributed by atoms with Crippen LogP contribution in [0.1, 0.15) is 21.7 Å². The second-order valence-electron chi connectivity index (χ2n) is 6.17. The molecular formula is C20H18F2N4O3S. The summed E-state index contributed by atoms with van der Waals surface area (Å²) in [5, 5.41) is 11.0. The van der Waals surface area contributed by atoms with E-state index in [9.17, 15) is 18.4 Å². The zero-order valence-electron chi connectivity index (χ0n) is 15.9. The fourth-order valence-electron chi connectivity index (χ4n) is 2.57. The van der Waals surface area contributed by atoms with Crippen LogP contribution in [0.15, 0.2) is 59.8 Å². The molecule has 0 unspecified atom stereocenters. The molecule has 0 atom stereocenters. The number of halogens is 2. The van der Waals surface area contributed by atoms with Gasteiger partial charge >= 0.3 is 6.61 Å². The highest BCUT2D eigenvalue weighted by atomic mass is 32.2. The fraction of sp³-hybridized carbons (Fsp3) is 0.200. The molecule has 2 amide bonds. The van der Waals surface area contributed by atoms with E-state index in [1.54, 1.807) is 0 Å². The minimum Gasteiger partial charge on any atom is -0.435 e. The predicted molar refractivity (Wildman–Crippen MR) is 107 cm³/mol. The normalized spacial score (nSPS) is 10.8. The van der Waals surface area contributed by atoms with Gasteiger partial charge in [0, 0.05) is 5.56 Å². The molecule has 0 aliphatic rings. The molecule has 0 radical (unpaired) electrons. The van der Waals surface area contributed by atoms with Gasteiger partial charge in [-0.15, -0.1) is 10.2 Å². The molecular weight excluding hydrogens is 414 g/mol. The number of ether oxygens (including phenoxy) is 1. The standard InChI is InChI=1S/C20H18F2N4O3S/c1-13-24-25-20(26(13)11-14-5-3-2-4-6-14)30-12-17(27)23-18(28)15-7-9-16(10-8-15)29-19(21)22/h2-10,19H,11-12H2,1H3,(H,23,27,28). The summed E-state index contributed by atoms with van der Waals surface area (Å²) in [7, 11) is 0. The first kappa shape index (κ1) is 21.4. The number of aromatic nitrogens is 3. The first-order chi connectivity index (χ1) is 14.4. The molecule has 0 aliphatic heterocycles. The molecule has 1 aromatic heterocycles. The molecule has 0 spiro atoms. The van der Waals surface area contributed by atoms with Gasteiger partial charge < -0.3 is 9.30 Å². The topological polar surface area (TPSA) is 86.1 Å². The van der Waals surface area contributed by atoms with E-state index in [0.717, 1.165) is 17.3 Å². The second-order valence-corrected chi connectivity index (χ2v) is 7.11. The highest BCUT2D eigenvalue weighted by Crippen LogP contribution is 2.19. The Hall–Kier alpha value is -3.27. The maximum absolute atomic E-state index is 12.2. The average Bonchev–Trinajstić information content (AvgIpc) is 3.07. The monoisotopic (exact) mass is 432 g/mol. The number of carbonyl (C=O) groups is 2. The maximum atomic E-state index is 12.2. The number of aryl methyl sites for hydroxylation is 1. The highest BCUT2D eigenvalue weighted by molar-refractivity contribution is 7.99. The number of benzene rings is 2. The predicted octanol–water partition coefficient (Wildman–Crippen LogP) is 3.28. The number of carbonyl (C=O) groups excluding carboxylic acids is 2. The lowest BCUT2D eigenvalue weighted by Crippen LogP contribution is -2.31. The van der Waals surface area contributed by atoms with Gasteiger partial charge in [0.25, 0.3) is 5.91 Å². The van der Waals surface area contributed by atoms with Gasteiger partial charge in [0.1, 0.15) is 11.6 Å². The van der Waals surface area contributed by atoms with Gasteiger partial charge in [-0.2, -0.15) is 8.78 Å². The van der Waals surface area contributed by atoms with Crippen LogP contribution in [-0.4, -0.2) is 38.9 Å². The van der Waals surface area contributed by atoms with Crippen LogP contribution < -0.4 is 10.1 Å². The minimum atomic E-state index is -2.95. The molecule has 3 aromatic rings. The summed E-state index contributed by atoms with van der Waals surface area (Å²) in [5.74, 6) is -0.540. The number of alkyl halides is 2. The van der Waals surface area contributed by atoms with Crippen LogP contribution in [0.25, 0.3) is 0 Å². The maximum Gasteiger partial charge on any atom is 0.387 e. The lowest BCUT2D eigenvalue weighted by molar-refractivity contribution is -0.117. The van der Waals surface area contributed by atoms with Crippen molar-refractivity contribution in [2.75, 3.05) is 5.75 Å². The molecule has 1 heterocycles. The van der Waals surface area contributed by atoms with E-state index < -0.39 is 18.4 Å². The summed E-state index contributed by atoms with van der Waals surface area (Å²) in [6.07, 6.45) is 0. The van der Waals surface area contributed by atoms with Crippen molar-refractivity contribution in [3.05, 3.63) is 71.5 Å². The SMILES string of the molecule is Cc1nnc(SCC(=O)NC(=O)c2ccc(OC(F)F)cc2)n1Cc1ccccc1. The Morgan fingerprint density at radius 1 is 1.10 bits per heavy atom. The Morgan fingerprint density at radius 2 is 1.80 bits per heavy atom. The van der Waals surface area contributed by atoms with Crippen LogP contribution in [0.2, 0.25) is 0 Å². The van der Waals surface area contributed by atoms with E-state index in [4.69, 9.17) is 0 Å². The summed E-state index contributed by atoms with van der Waals surface area (Å²) < 4.78 is 30.4. The average molecular weight is 432 g/mol. The minimum absolute atomic E-state index is 0.0365. The molecule has 1 N–H and O–H groups in total. The number of nitrogens with one attached hydrogen (secondary N) is 1. The molecule has 0 aliphatic carbocycles. The lowest BCUT2D eigenvalue weighted by Gasteiger charge is -2.09. The van der Waals surface area contributed by atoms with E-state index in [1.165, 1.54) is 24.3 Å². The Bertz CT molecular complexity index is 1010. The first-order valence-corrected chi connectivity index (χ1v) is 9.86. The molecule has 30 heavy (non-hydrogen) atoms. The van der Waals surface area contributed by atoms with Gasteiger partial charge in [0.05, 0.1) is 12.3 Å². The van der Waals surface area contributed by atoms with Crippen LogP contribution >= 0.6 is 11.8 Å². The van der Waals surface area contributed by atoms with Crippen molar-refractivity contribution in [1.82, 2.24) is 20.1 Å². The number of amides is 2. The third-order valence-corrected chi connectivity index (χ3v) is 4.98. The Balaban J connectivity index is 1.55. The third-order valence-electron chi connectivity index (χ3n) is 4.01. The van der Waals surface area contributed by atoms with E-state index >= 15 is 0 Å². The summed E-state index contributed by atoms with van der Waals surface area (Å²) in [4.78, 5) is 24.3. The van der Waals surface area contributed by atoms with Gasteiger partial charge in [0.2, 0.25) is 5.91 Å². The van der Waals surface area contributed by atoms with Crippen LogP contribution in [-0.2, 0) is 11.3 Å². The van der Waals surface area contributed by atoms with Crippen molar-refractivity contribution in [3.8, 4) is 5.75 Å². The number of hydrogen-bond acceptors (Lipinski definition) is 6. The van der Waals surface area contributed by atoms with E-state index in [0.29, 0.717) is 17.5 Å². The smallest absolute Gasteiger partial charge is 0.387 e. The van der Waals surface area contributed by atoms with Gasteiger partial charge in [-0.3, -0.25) is 14.9 Å². The zero-order chi connectivity index (χ0) is 21.5. The molecule has 0 fully saturated rings. The Kier molecular flexibility index (Phi) is 7.12. The summed E-state index contributed by atoms with van der Waals surface area (Å²) in [6.45, 7) is -0.559. The molecule has 156 valence electrons. The summed E-state index contributed by atoms with van der Waals surface area (Å²) in [5.41, 5.74) is 1.22. The molecule has 3 rings (SSSR count). The van der Waals surface area contributed by atoms with Gasteiger partial charge in [-0.25, -0.2) is 0 Å². The van der Waals surface area contributed by atoms with Gasteiger partial charge in [-0.05, 0) is 36.8 Å². The number of nitrogens with zero attached hydrogens (tertiary/aromatic N) is 3. The van der Waals surface area contributed by atoms with Crippen molar-refractivity contribution in [2.24, 2.45) is 0 Å². The molecule has 0 saturated carbocycles. The first-order valence-electron chi connectivity index (χ1n) is 8.88. The number of rotatable bonds is 8. The van der Waals surface area contributed by atoms with Crippen molar-refractivity contribution in [2.45, 2.75) is 25.2 Å². The number of hydrogen-bond donors (Lipinski definition) is 1. The van der Waals surface area contributed by atoms with Crippen LogP contribution in [0.4, 0.5) is 8.78 Å². The van der Waals surface area contributed by atoms with Crippen molar-refractivity contribution in [1.29, 1.82) is 0 Å². The quantitative estimate of drug-likeness (QED) is 0.550. The van der Waals surface area contributed by atoms with Crippen LogP contribution in [0.3, 0.4) is 0 Å². The van der Waals surface area contributed by atoms with E-state index in [-0.39, 0.29) is 17.1 Å². The zero-order valence-corrected chi connectivity index (χ0v) is 16.7. The van der Waals surface area contributed by atoms with Crippen LogP contribution in [0.5, 0.6) is 5.75 Å². The van der Waals surface area contributed by atoms with Crippen LogP contribution in [0, 0.1) is 6.92 Å². The fourth-order valence-corrected chi connectivity index (χ4v) is 3.35. The number of thioether (sulfide) groups is 1. The molecule has 10 heteroatoms. The van der Waals surface area contributed by atoms with Crippen molar-refractivity contribution in [3.63, 3.8) is 0 Å². The Morgan fingerprint density at radius 3 is 2.47 bits per heavy atom. The van der Waals surface area contributed by atoms with E-state index in [2.05, 4.69) is 20.3 Å². The summed E-state index contributed by atoms with van der Waals surface area (Å²) >= 11 is 1.16. The van der Waals surface area contributed by atoms with Gasteiger partial charge in [-0.1, -0.05) is 42.1 Å². The molecule has 2 aromatic carbocycles. The van der Waals surface area contributed by atoms with Gasteiger partial charge in [0.15, 0.2) is 5.16 Å². The van der Waals surface area contributed by atoms with Crippen molar-refractivity contribution < 1.29 is 23.1 Å². The molecule has 0 saturated heterocycles. The third kappa shape index (κ3) is 5.86. The largest absolute Gasteiger partial charge is 0.435 e. The van der Waals surface area contributed by atoms with E-state index in [1.807, 2.05) is 41.8 Å². The second kappa shape index (κ2) is 9.97. The molecule has 0 bridgehead atoms. The summed E-state index contributed by atoms with van der Waals surface area (Å²) in [6, 6.07) is 14.8. The molecule has 7 nitrogen and oxygen atoms in total. The van der Waals surface area contributed by atoms with Crippen molar-refractivity contribution >= 4 is 23.6 Å². The Labute approximate surface area is 175 Å². The highest BCUT2D eigenvalue weighted by Gasteiger charge is 2.15. The lowest BCUT2D eigenvalue weighted by atomic mass is 10.2. The number of imide groups is 1.